The van der Waals surface area contributed by atoms with E-state index in [9.17, 15) is 0 Å². The molecule has 0 radical (unpaired) electrons. The summed E-state index contributed by atoms with van der Waals surface area (Å²) in [5, 5.41) is 6.78. The number of hydrogen-bond donors (Lipinski definition) is 0. The summed E-state index contributed by atoms with van der Waals surface area (Å²) in [6.07, 6.45) is 0. The third kappa shape index (κ3) is 5.66. The van der Waals surface area contributed by atoms with Gasteiger partial charge in [-0.1, -0.05) is 188 Å². The molecule has 0 aliphatic heterocycles. The summed E-state index contributed by atoms with van der Waals surface area (Å²) in [6.45, 7) is 0. The van der Waals surface area contributed by atoms with Gasteiger partial charge in [-0.25, -0.2) is 0 Å². The molecule has 14 rings (SSSR count). The maximum Gasteiger partial charge on any atom is 0.143 e. The molecular formula is C65H41NO2. The number of furan rings is 2. The van der Waals surface area contributed by atoms with Gasteiger partial charge in [-0.2, -0.15) is 0 Å². The van der Waals surface area contributed by atoms with Crippen molar-refractivity contribution < 1.29 is 8.83 Å². The lowest BCUT2D eigenvalue weighted by Crippen LogP contribution is -2.28. The molecule has 0 atom stereocenters. The van der Waals surface area contributed by atoms with Crippen LogP contribution >= 0.6 is 0 Å². The van der Waals surface area contributed by atoms with Crippen molar-refractivity contribution in [1.82, 2.24) is 0 Å². The molecule has 3 heteroatoms. The molecule has 0 fully saturated rings. The van der Waals surface area contributed by atoms with E-state index in [1.54, 1.807) is 0 Å². The van der Waals surface area contributed by atoms with E-state index in [1.807, 2.05) is 12.1 Å². The lowest BCUT2D eigenvalue weighted by atomic mass is 9.68. The smallest absolute Gasteiger partial charge is 0.143 e. The van der Waals surface area contributed by atoms with Gasteiger partial charge >= 0.3 is 0 Å². The molecule has 0 spiro atoms. The van der Waals surface area contributed by atoms with E-state index in [0.29, 0.717) is 0 Å². The lowest BCUT2D eigenvalue weighted by molar-refractivity contribution is 0.669. The zero-order valence-electron chi connectivity index (χ0n) is 36.9. The Morgan fingerprint density at radius 3 is 1.81 bits per heavy atom. The average molecular weight is 868 g/mol. The third-order valence-electron chi connectivity index (χ3n) is 14.3. The molecule has 1 aliphatic rings. The standard InChI is InChI=1S/C65H41NO2/c1-3-18-46(19-4-1)65(47-20-5-2-6-21-47)56-27-11-9-25-54(56)63-57(65)28-15-29-58(63)66(48-36-32-42(33-37-48)44-35-38-53-52-24-10-12-30-59(52)67-61(53)41-44)49-22-13-17-45(40-49)50-26-14-31-60-62(50)55-39-34-43-16-7-8-23-51(43)64(55)68-60/h1-41H. The fraction of sp³-hybridized carbons (Fsp3) is 0.0154. The second-order valence-corrected chi connectivity index (χ2v) is 17.9. The van der Waals surface area contributed by atoms with Crippen molar-refractivity contribution in [3.05, 3.63) is 271 Å². The van der Waals surface area contributed by atoms with Crippen LogP contribution in [0.3, 0.4) is 0 Å². The second-order valence-electron chi connectivity index (χ2n) is 17.9. The van der Waals surface area contributed by atoms with E-state index in [4.69, 9.17) is 8.83 Å². The first-order valence-electron chi connectivity index (χ1n) is 23.3. The minimum absolute atomic E-state index is 0.542. The number of hydrogen-bond acceptors (Lipinski definition) is 3. The van der Waals surface area contributed by atoms with E-state index in [1.165, 1.54) is 38.8 Å². The molecule has 68 heavy (non-hydrogen) atoms. The van der Waals surface area contributed by atoms with Gasteiger partial charge in [-0.3, -0.25) is 0 Å². The summed E-state index contributed by atoms with van der Waals surface area (Å²) < 4.78 is 13.0. The van der Waals surface area contributed by atoms with Crippen molar-refractivity contribution in [2.75, 3.05) is 4.90 Å². The zero-order chi connectivity index (χ0) is 44.8. The van der Waals surface area contributed by atoms with E-state index in [-0.39, 0.29) is 0 Å². The highest BCUT2D eigenvalue weighted by Crippen LogP contribution is 2.59. The maximum absolute atomic E-state index is 6.69. The molecule has 0 unspecified atom stereocenters. The predicted molar refractivity (Wildman–Crippen MR) is 281 cm³/mol. The van der Waals surface area contributed by atoms with E-state index in [2.05, 4.69) is 241 Å². The number of anilines is 3. The highest BCUT2D eigenvalue weighted by molar-refractivity contribution is 6.19. The Morgan fingerprint density at radius 1 is 0.338 bits per heavy atom. The first kappa shape index (κ1) is 38.4. The maximum atomic E-state index is 6.69. The van der Waals surface area contributed by atoms with Crippen molar-refractivity contribution in [2.45, 2.75) is 5.41 Å². The SMILES string of the molecule is c1ccc(C2(c3ccccc3)c3ccccc3-c3c(N(c4ccc(-c5ccc6c(c5)oc5ccccc56)cc4)c4cccc(-c5cccc6oc7c8ccccc8ccc7c56)c4)cccc32)cc1. The number of nitrogens with zero attached hydrogens (tertiary/aromatic N) is 1. The zero-order valence-corrected chi connectivity index (χ0v) is 36.9. The molecule has 13 aromatic rings. The van der Waals surface area contributed by atoms with Crippen molar-refractivity contribution >= 4 is 71.7 Å². The Bertz CT molecular complexity index is 4050. The van der Waals surface area contributed by atoms with Crippen LogP contribution in [-0.4, -0.2) is 0 Å². The Balaban J connectivity index is 0.988. The van der Waals surface area contributed by atoms with Gasteiger partial charge in [0.15, 0.2) is 0 Å². The number of rotatable bonds is 7. The average Bonchev–Trinajstić information content (AvgIpc) is 4.08. The van der Waals surface area contributed by atoms with E-state index >= 15 is 0 Å². The summed E-state index contributed by atoms with van der Waals surface area (Å²) in [5.74, 6) is 0. The largest absolute Gasteiger partial charge is 0.456 e. The van der Waals surface area contributed by atoms with Crippen LogP contribution in [0.2, 0.25) is 0 Å². The van der Waals surface area contributed by atoms with Crippen molar-refractivity contribution in [3.63, 3.8) is 0 Å². The van der Waals surface area contributed by atoms with Crippen molar-refractivity contribution in [2.24, 2.45) is 0 Å². The van der Waals surface area contributed by atoms with Crippen LogP contribution in [0.25, 0.3) is 88.0 Å². The molecule has 2 heterocycles. The van der Waals surface area contributed by atoms with Gasteiger partial charge in [0.2, 0.25) is 0 Å². The molecule has 0 bridgehead atoms. The summed E-state index contributed by atoms with van der Waals surface area (Å²) in [5.41, 5.74) is 18.2. The molecule has 0 amide bonds. The van der Waals surface area contributed by atoms with Gasteiger partial charge in [0, 0.05) is 43.9 Å². The van der Waals surface area contributed by atoms with Gasteiger partial charge in [-0.15, -0.1) is 0 Å². The molecular weight excluding hydrogens is 827 g/mol. The molecule has 318 valence electrons. The Kier molecular flexibility index (Phi) is 8.50. The highest BCUT2D eigenvalue weighted by Gasteiger charge is 2.47. The lowest BCUT2D eigenvalue weighted by Gasteiger charge is -2.34. The Labute approximate surface area is 393 Å². The summed E-state index contributed by atoms with van der Waals surface area (Å²) in [6, 6.07) is 90.1. The Hall–Kier alpha value is -8.92. The summed E-state index contributed by atoms with van der Waals surface area (Å²) >= 11 is 0. The molecule has 2 aromatic heterocycles. The molecule has 11 aromatic carbocycles. The van der Waals surface area contributed by atoms with Crippen molar-refractivity contribution in [1.29, 1.82) is 0 Å². The summed E-state index contributed by atoms with van der Waals surface area (Å²) in [4.78, 5) is 2.46. The highest BCUT2D eigenvalue weighted by atomic mass is 16.3. The molecule has 3 nitrogen and oxygen atoms in total. The minimum atomic E-state index is -0.542. The van der Waals surface area contributed by atoms with Gasteiger partial charge in [0.25, 0.3) is 0 Å². The fourth-order valence-electron chi connectivity index (χ4n) is 11.4. The first-order chi connectivity index (χ1) is 33.7. The van der Waals surface area contributed by atoms with Crippen LogP contribution in [0.5, 0.6) is 0 Å². The van der Waals surface area contributed by atoms with Gasteiger partial charge in [0.05, 0.1) is 11.1 Å². The number of fused-ring (bicyclic) bond motifs is 11. The fourth-order valence-corrected chi connectivity index (χ4v) is 11.4. The molecule has 0 saturated heterocycles. The van der Waals surface area contributed by atoms with Gasteiger partial charge in [0.1, 0.15) is 22.3 Å². The van der Waals surface area contributed by atoms with Crippen molar-refractivity contribution in [3.8, 4) is 33.4 Å². The third-order valence-corrected chi connectivity index (χ3v) is 14.3. The van der Waals surface area contributed by atoms with Crippen LogP contribution in [0.4, 0.5) is 17.1 Å². The predicted octanol–water partition coefficient (Wildman–Crippen LogP) is 17.8. The van der Waals surface area contributed by atoms with Crippen LogP contribution in [0.15, 0.2) is 258 Å². The van der Waals surface area contributed by atoms with Crippen LogP contribution in [0.1, 0.15) is 22.3 Å². The van der Waals surface area contributed by atoms with Crippen LogP contribution in [-0.2, 0) is 5.41 Å². The van der Waals surface area contributed by atoms with E-state index < -0.39 is 5.41 Å². The quantitative estimate of drug-likeness (QED) is 0.160. The van der Waals surface area contributed by atoms with Gasteiger partial charge in [-0.05, 0) is 116 Å². The van der Waals surface area contributed by atoms with Gasteiger partial charge < -0.3 is 13.7 Å². The summed E-state index contributed by atoms with van der Waals surface area (Å²) in [7, 11) is 0. The Morgan fingerprint density at radius 2 is 0.971 bits per heavy atom. The van der Waals surface area contributed by atoms with Crippen LogP contribution < -0.4 is 4.90 Å². The monoisotopic (exact) mass is 867 g/mol. The first-order valence-corrected chi connectivity index (χ1v) is 23.3. The van der Waals surface area contributed by atoms with E-state index in [0.717, 1.165) is 88.6 Å². The minimum Gasteiger partial charge on any atom is -0.456 e. The number of para-hydroxylation sites is 1. The van der Waals surface area contributed by atoms with Crippen LogP contribution in [0, 0.1) is 0 Å². The topological polar surface area (TPSA) is 29.5 Å². The molecule has 0 saturated carbocycles. The second kappa shape index (κ2) is 15.1. The normalized spacial score (nSPS) is 12.8. The molecule has 0 N–H and O–H groups in total. The number of benzene rings is 11. The molecule has 1 aliphatic carbocycles.